The Morgan fingerprint density at radius 2 is 1.51 bits per heavy atom. The minimum Gasteiger partial charge on any atom is -0.497 e. The van der Waals surface area contributed by atoms with Gasteiger partial charge in [-0.05, 0) is 41.3 Å². The summed E-state index contributed by atoms with van der Waals surface area (Å²) in [4.78, 5) is 29.1. The summed E-state index contributed by atoms with van der Waals surface area (Å²) in [5.74, 6) is 0.0422. The Balaban J connectivity index is 2.04. The first-order chi connectivity index (χ1) is 18.6. The molecule has 0 heterocycles. The average Bonchev–Trinajstić information content (AvgIpc) is 2.92. The molecule has 3 aromatic rings. The van der Waals surface area contributed by atoms with Gasteiger partial charge in [0.1, 0.15) is 18.3 Å². The molecule has 0 aliphatic heterocycles. The highest BCUT2D eigenvalue weighted by Crippen LogP contribution is 2.21. The van der Waals surface area contributed by atoms with Crippen LogP contribution >= 0.6 is 0 Å². The van der Waals surface area contributed by atoms with E-state index in [0.717, 1.165) is 21.7 Å². The molecule has 0 saturated heterocycles. The van der Waals surface area contributed by atoms with Crippen LogP contribution in [0.2, 0.25) is 0 Å². The highest BCUT2D eigenvalue weighted by Gasteiger charge is 2.33. The zero-order chi connectivity index (χ0) is 28.4. The van der Waals surface area contributed by atoms with Crippen molar-refractivity contribution in [2.45, 2.75) is 32.9 Å². The number of nitrogens with zero attached hydrogens (tertiary/aromatic N) is 2. The second-order valence-corrected chi connectivity index (χ2v) is 11.7. The monoisotopic (exact) mass is 551 g/mol. The number of methoxy groups -OCH3 is 1. The molecule has 0 fully saturated rings. The third-order valence-electron chi connectivity index (χ3n) is 6.17. The number of carbonyl (C=O) groups is 2. The van der Waals surface area contributed by atoms with Crippen LogP contribution in [-0.4, -0.2) is 57.6 Å². The smallest absolute Gasteiger partial charge is 0.244 e. The van der Waals surface area contributed by atoms with Crippen molar-refractivity contribution in [3.63, 3.8) is 0 Å². The van der Waals surface area contributed by atoms with E-state index in [0.29, 0.717) is 18.0 Å². The van der Waals surface area contributed by atoms with Crippen LogP contribution in [0.5, 0.6) is 5.75 Å². The summed E-state index contributed by atoms with van der Waals surface area (Å²) in [6.45, 7) is 4.08. The fraction of sp³-hybridized carbons (Fsp3) is 0.333. The van der Waals surface area contributed by atoms with Gasteiger partial charge in [0.25, 0.3) is 0 Å². The first kappa shape index (κ1) is 29.7. The van der Waals surface area contributed by atoms with Gasteiger partial charge >= 0.3 is 0 Å². The fourth-order valence-electron chi connectivity index (χ4n) is 4.15. The summed E-state index contributed by atoms with van der Waals surface area (Å²) in [7, 11) is -2.23. The van der Waals surface area contributed by atoms with Crippen LogP contribution in [0.4, 0.5) is 5.69 Å². The van der Waals surface area contributed by atoms with Crippen LogP contribution in [0, 0.1) is 5.92 Å². The number of nitrogens with one attached hydrogen (secondary N) is 1. The number of benzene rings is 3. The number of hydrogen-bond donors (Lipinski definition) is 1. The average molecular weight is 552 g/mol. The van der Waals surface area contributed by atoms with E-state index in [9.17, 15) is 18.0 Å². The maximum Gasteiger partial charge on any atom is 0.244 e. The highest BCUT2D eigenvalue weighted by atomic mass is 32.2. The number of para-hydroxylation sites is 1. The Morgan fingerprint density at radius 1 is 0.897 bits per heavy atom. The quantitative estimate of drug-likeness (QED) is 0.348. The van der Waals surface area contributed by atoms with E-state index in [2.05, 4.69) is 5.32 Å². The van der Waals surface area contributed by atoms with Crippen molar-refractivity contribution in [2.75, 3.05) is 30.8 Å². The fourth-order valence-corrected chi connectivity index (χ4v) is 5.00. The van der Waals surface area contributed by atoms with Gasteiger partial charge in [0.15, 0.2) is 0 Å². The zero-order valence-corrected chi connectivity index (χ0v) is 23.7. The molecule has 2 amide bonds. The highest BCUT2D eigenvalue weighted by molar-refractivity contribution is 7.92. The van der Waals surface area contributed by atoms with E-state index in [1.165, 1.54) is 4.90 Å². The second kappa shape index (κ2) is 13.8. The summed E-state index contributed by atoms with van der Waals surface area (Å²) >= 11 is 0. The van der Waals surface area contributed by atoms with Crippen LogP contribution in [-0.2, 0) is 32.6 Å². The molecule has 208 valence electrons. The van der Waals surface area contributed by atoms with Crippen LogP contribution in [0.1, 0.15) is 25.0 Å². The third kappa shape index (κ3) is 8.85. The van der Waals surface area contributed by atoms with E-state index in [1.54, 1.807) is 49.6 Å². The lowest BCUT2D eigenvalue weighted by Gasteiger charge is -2.33. The molecule has 0 aliphatic rings. The van der Waals surface area contributed by atoms with Gasteiger partial charge in [-0.2, -0.15) is 0 Å². The van der Waals surface area contributed by atoms with Gasteiger partial charge in [-0.25, -0.2) is 8.42 Å². The van der Waals surface area contributed by atoms with E-state index in [-0.39, 0.29) is 24.8 Å². The summed E-state index contributed by atoms with van der Waals surface area (Å²) in [6.07, 6.45) is 1.33. The molecule has 0 aliphatic carbocycles. The van der Waals surface area contributed by atoms with Gasteiger partial charge in [0.05, 0.1) is 19.1 Å². The first-order valence-electron chi connectivity index (χ1n) is 12.8. The molecular weight excluding hydrogens is 514 g/mol. The molecule has 0 saturated carbocycles. The summed E-state index contributed by atoms with van der Waals surface area (Å²) in [5, 5.41) is 2.97. The molecule has 9 heteroatoms. The molecule has 3 aromatic carbocycles. The molecule has 3 rings (SSSR count). The Hall–Kier alpha value is -3.85. The van der Waals surface area contributed by atoms with Crippen LogP contribution in [0.25, 0.3) is 0 Å². The molecule has 0 radical (unpaired) electrons. The van der Waals surface area contributed by atoms with E-state index in [1.807, 2.05) is 56.3 Å². The summed E-state index contributed by atoms with van der Waals surface area (Å²) in [5.41, 5.74) is 2.01. The molecule has 1 N–H and O–H groups in total. The Morgan fingerprint density at radius 3 is 2.10 bits per heavy atom. The van der Waals surface area contributed by atoms with E-state index < -0.39 is 28.5 Å². The van der Waals surface area contributed by atoms with Gasteiger partial charge in [0.2, 0.25) is 21.8 Å². The Kier molecular flexibility index (Phi) is 10.5. The number of anilines is 1. The number of rotatable bonds is 13. The zero-order valence-electron chi connectivity index (χ0n) is 22.9. The van der Waals surface area contributed by atoms with Gasteiger partial charge in [-0.3, -0.25) is 13.9 Å². The van der Waals surface area contributed by atoms with Crippen molar-refractivity contribution in [3.05, 3.63) is 96.1 Å². The summed E-state index contributed by atoms with van der Waals surface area (Å²) < 4.78 is 32.0. The van der Waals surface area contributed by atoms with Crippen molar-refractivity contribution >= 4 is 27.5 Å². The lowest BCUT2D eigenvalue weighted by atomic mass is 10.0. The molecule has 0 bridgehead atoms. The normalized spacial score (nSPS) is 12.0. The van der Waals surface area contributed by atoms with Crippen molar-refractivity contribution in [2.24, 2.45) is 5.92 Å². The van der Waals surface area contributed by atoms with Crippen molar-refractivity contribution in [1.82, 2.24) is 10.2 Å². The SMILES string of the molecule is COc1cccc(CN(C(=O)CN(c2ccccc2)S(C)(=O)=O)[C@@H](Cc2ccccc2)C(=O)NCC(C)C)c1. The predicted octanol–water partition coefficient (Wildman–Crippen LogP) is 3.87. The van der Waals surface area contributed by atoms with Gasteiger partial charge in [-0.15, -0.1) is 0 Å². The maximum absolute atomic E-state index is 14.0. The molecule has 1 atom stereocenters. The number of amides is 2. The largest absolute Gasteiger partial charge is 0.497 e. The van der Waals surface area contributed by atoms with Crippen molar-refractivity contribution < 1.29 is 22.7 Å². The second-order valence-electron chi connectivity index (χ2n) is 9.82. The number of hydrogen-bond acceptors (Lipinski definition) is 5. The molecule has 39 heavy (non-hydrogen) atoms. The van der Waals surface area contributed by atoms with Gasteiger partial charge in [-0.1, -0.05) is 74.5 Å². The van der Waals surface area contributed by atoms with Crippen molar-refractivity contribution in [3.8, 4) is 5.75 Å². The topological polar surface area (TPSA) is 96.0 Å². The predicted molar refractivity (Wildman–Crippen MR) is 154 cm³/mol. The van der Waals surface area contributed by atoms with Crippen LogP contribution in [0.3, 0.4) is 0 Å². The van der Waals surface area contributed by atoms with E-state index >= 15 is 0 Å². The first-order valence-corrected chi connectivity index (χ1v) is 14.7. The van der Waals surface area contributed by atoms with Crippen LogP contribution in [0.15, 0.2) is 84.9 Å². The number of ether oxygens (including phenoxy) is 1. The number of sulfonamides is 1. The van der Waals surface area contributed by atoms with Gasteiger partial charge in [0, 0.05) is 19.5 Å². The molecule has 0 unspecified atom stereocenters. The van der Waals surface area contributed by atoms with Crippen LogP contribution < -0.4 is 14.4 Å². The lowest BCUT2D eigenvalue weighted by molar-refractivity contribution is -0.140. The maximum atomic E-state index is 14.0. The minimum absolute atomic E-state index is 0.0923. The molecular formula is C30H37N3O5S. The standard InChI is InChI=1S/C30H37N3O5S/c1-23(2)20-31-30(35)28(19-24-12-7-5-8-13-24)32(21-25-14-11-17-27(18-25)38-3)29(34)22-33(39(4,36)37)26-15-9-6-10-16-26/h5-18,23,28H,19-22H2,1-4H3,(H,31,35)/t28-/m0/s1. The Bertz CT molecular complexity index is 1330. The third-order valence-corrected chi connectivity index (χ3v) is 7.31. The minimum atomic E-state index is -3.79. The van der Waals surface area contributed by atoms with Crippen molar-refractivity contribution in [1.29, 1.82) is 0 Å². The summed E-state index contributed by atoms with van der Waals surface area (Å²) in [6, 6.07) is 24.3. The lowest BCUT2D eigenvalue weighted by Crippen LogP contribution is -2.53. The molecule has 0 spiro atoms. The van der Waals surface area contributed by atoms with Gasteiger partial charge < -0.3 is 15.0 Å². The van der Waals surface area contributed by atoms with E-state index in [4.69, 9.17) is 4.74 Å². The number of carbonyl (C=O) groups excluding carboxylic acids is 2. The molecule has 0 aromatic heterocycles. The Labute approximate surface area is 231 Å². The molecule has 8 nitrogen and oxygen atoms in total.